The molecule has 0 saturated carbocycles. The third-order valence-corrected chi connectivity index (χ3v) is 9.81. The number of carbonyl (C=O) groups is 1. The van der Waals surface area contributed by atoms with Crippen LogP contribution in [0.25, 0.3) is 0 Å². The average molecular weight is 350 g/mol. The average Bonchev–Trinajstić information content (AvgIpc) is 2.53. The lowest BCUT2D eigenvalue weighted by molar-refractivity contribution is 0.0962. The Morgan fingerprint density at radius 2 is 1.92 bits per heavy atom. The van der Waals surface area contributed by atoms with E-state index in [1.807, 2.05) is 12.1 Å². The fourth-order valence-corrected chi connectivity index (χ4v) is 4.07. The molecule has 1 aromatic heterocycles. The van der Waals surface area contributed by atoms with Crippen molar-refractivity contribution in [3.05, 3.63) is 23.9 Å². The predicted octanol–water partition coefficient (Wildman–Crippen LogP) is 3.43. The Labute approximate surface area is 146 Å². The molecule has 1 aliphatic heterocycles. The smallest absolute Gasteiger partial charge is 0.252 e. The van der Waals surface area contributed by atoms with Gasteiger partial charge in [-0.05, 0) is 43.1 Å². The standard InChI is InChI=1S/C18H31N3O2Si/c1-18(2,3)24(5,6)23-15-9-11-21(12-10-15)16-8-7-14(13-20-16)17(22)19-4/h7-8,13,15H,9-12H2,1-6H3,(H,19,22). The molecular formula is C18H31N3O2Si. The topological polar surface area (TPSA) is 54.5 Å². The van der Waals surface area contributed by atoms with Crippen molar-refractivity contribution < 1.29 is 9.22 Å². The monoisotopic (exact) mass is 349 g/mol. The molecule has 0 aliphatic carbocycles. The lowest BCUT2D eigenvalue weighted by atomic mass is 10.1. The summed E-state index contributed by atoms with van der Waals surface area (Å²) < 4.78 is 6.53. The summed E-state index contributed by atoms with van der Waals surface area (Å²) in [6, 6.07) is 3.76. The summed E-state index contributed by atoms with van der Waals surface area (Å²) in [5.74, 6) is 0.837. The van der Waals surface area contributed by atoms with Crippen molar-refractivity contribution in [2.75, 3.05) is 25.0 Å². The Balaban J connectivity index is 1.92. The van der Waals surface area contributed by atoms with Gasteiger partial charge in [0.05, 0.1) is 5.56 Å². The van der Waals surface area contributed by atoms with Gasteiger partial charge in [-0.2, -0.15) is 0 Å². The quantitative estimate of drug-likeness (QED) is 0.846. The maximum atomic E-state index is 11.6. The lowest BCUT2D eigenvalue weighted by Gasteiger charge is -2.42. The minimum absolute atomic E-state index is 0.101. The number of nitrogens with zero attached hydrogens (tertiary/aromatic N) is 2. The lowest BCUT2D eigenvalue weighted by Crippen LogP contribution is -2.47. The highest BCUT2D eigenvalue weighted by molar-refractivity contribution is 6.74. The van der Waals surface area contributed by atoms with Crippen molar-refractivity contribution in [2.45, 2.75) is 57.8 Å². The zero-order valence-corrected chi connectivity index (χ0v) is 16.8. The number of nitrogens with one attached hydrogen (secondary N) is 1. The number of amides is 1. The van der Waals surface area contributed by atoms with Crippen LogP contribution in [0.1, 0.15) is 44.0 Å². The van der Waals surface area contributed by atoms with E-state index in [0.717, 1.165) is 31.7 Å². The zero-order valence-electron chi connectivity index (χ0n) is 15.8. The highest BCUT2D eigenvalue weighted by Crippen LogP contribution is 2.38. The van der Waals surface area contributed by atoms with Gasteiger partial charge in [0, 0.05) is 32.4 Å². The van der Waals surface area contributed by atoms with Gasteiger partial charge in [0.25, 0.3) is 5.91 Å². The SMILES string of the molecule is CNC(=O)c1ccc(N2CCC(O[Si](C)(C)C(C)(C)C)CC2)nc1. The van der Waals surface area contributed by atoms with E-state index in [0.29, 0.717) is 11.7 Å². The summed E-state index contributed by atoms with van der Waals surface area (Å²) in [4.78, 5) is 18.3. The van der Waals surface area contributed by atoms with Crippen molar-refractivity contribution >= 4 is 20.0 Å². The van der Waals surface area contributed by atoms with Crippen LogP contribution >= 0.6 is 0 Å². The first kappa shape index (κ1) is 18.9. The summed E-state index contributed by atoms with van der Waals surface area (Å²) >= 11 is 0. The molecule has 1 saturated heterocycles. The van der Waals surface area contributed by atoms with Gasteiger partial charge in [-0.15, -0.1) is 0 Å². The van der Waals surface area contributed by atoms with Gasteiger partial charge in [0.2, 0.25) is 0 Å². The van der Waals surface area contributed by atoms with Crippen LogP contribution in [-0.4, -0.2) is 45.4 Å². The van der Waals surface area contributed by atoms with Gasteiger partial charge in [0.1, 0.15) is 5.82 Å². The van der Waals surface area contributed by atoms with E-state index in [1.54, 1.807) is 13.2 Å². The maximum Gasteiger partial charge on any atom is 0.252 e. The Kier molecular flexibility index (Phi) is 5.70. The highest BCUT2D eigenvalue weighted by Gasteiger charge is 2.39. The summed E-state index contributed by atoms with van der Waals surface area (Å²) in [5, 5.41) is 2.87. The van der Waals surface area contributed by atoms with E-state index >= 15 is 0 Å². The molecule has 24 heavy (non-hydrogen) atoms. The van der Waals surface area contributed by atoms with Crippen LogP contribution in [0.4, 0.5) is 5.82 Å². The second-order valence-electron chi connectivity index (χ2n) is 8.05. The third kappa shape index (κ3) is 4.36. The first-order valence-electron chi connectivity index (χ1n) is 8.75. The molecule has 5 nitrogen and oxygen atoms in total. The predicted molar refractivity (Wildman–Crippen MR) is 101 cm³/mol. The number of aromatic nitrogens is 1. The Bertz CT molecular complexity index is 559. The van der Waals surface area contributed by atoms with Gasteiger partial charge in [-0.3, -0.25) is 4.79 Å². The normalized spacial score (nSPS) is 17.0. The fourth-order valence-electron chi connectivity index (χ4n) is 2.65. The van der Waals surface area contributed by atoms with Crippen LogP contribution in [0.15, 0.2) is 18.3 Å². The molecule has 1 N–H and O–H groups in total. The number of pyridine rings is 1. The molecule has 0 bridgehead atoms. The minimum Gasteiger partial charge on any atom is -0.414 e. The van der Waals surface area contributed by atoms with E-state index in [1.165, 1.54) is 0 Å². The van der Waals surface area contributed by atoms with Crippen molar-refractivity contribution in [1.29, 1.82) is 0 Å². The number of hydrogen-bond donors (Lipinski definition) is 1. The van der Waals surface area contributed by atoms with Gasteiger partial charge in [-0.1, -0.05) is 20.8 Å². The van der Waals surface area contributed by atoms with Crippen LogP contribution in [0.2, 0.25) is 18.1 Å². The Morgan fingerprint density at radius 3 is 2.38 bits per heavy atom. The fraction of sp³-hybridized carbons (Fsp3) is 0.667. The largest absolute Gasteiger partial charge is 0.414 e. The van der Waals surface area contributed by atoms with Crippen LogP contribution < -0.4 is 10.2 Å². The molecular weight excluding hydrogens is 318 g/mol. The third-order valence-electron chi connectivity index (χ3n) is 5.27. The summed E-state index contributed by atoms with van der Waals surface area (Å²) in [6.07, 6.45) is 4.07. The molecule has 134 valence electrons. The number of anilines is 1. The second kappa shape index (κ2) is 7.23. The summed E-state index contributed by atoms with van der Waals surface area (Å²) in [6.45, 7) is 13.4. The van der Waals surface area contributed by atoms with Crippen molar-refractivity contribution in [2.24, 2.45) is 0 Å². The van der Waals surface area contributed by atoms with Gasteiger partial charge in [-0.25, -0.2) is 4.98 Å². The first-order chi connectivity index (χ1) is 11.1. The van der Waals surface area contributed by atoms with E-state index in [2.05, 4.69) is 49.1 Å². The summed E-state index contributed by atoms with van der Waals surface area (Å²) in [5.41, 5.74) is 0.595. The number of carbonyl (C=O) groups excluding carboxylic acids is 1. The van der Waals surface area contributed by atoms with E-state index < -0.39 is 8.32 Å². The van der Waals surface area contributed by atoms with Crippen LogP contribution in [0.3, 0.4) is 0 Å². The molecule has 0 atom stereocenters. The molecule has 2 heterocycles. The van der Waals surface area contributed by atoms with Gasteiger partial charge < -0.3 is 14.6 Å². The van der Waals surface area contributed by atoms with E-state index in [4.69, 9.17) is 4.43 Å². The first-order valence-corrected chi connectivity index (χ1v) is 11.7. The highest BCUT2D eigenvalue weighted by atomic mass is 28.4. The molecule has 0 aromatic carbocycles. The molecule has 1 aliphatic rings. The Hall–Kier alpha value is -1.40. The molecule has 1 amide bonds. The summed E-state index contributed by atoms with van der Waals surface area (Å²) in [7, 11) is -0.0681. The number of rotatable bonds is 4. The van der Waals surface area contributed by atoms with E-state index in [-0.39, 0.29) is 10.9 Å². The second-order valence-corrected chi connectivity index (χ2v) is 12.8. The molecule has 1 aromatic rings. The minimum atomic E-state index is -1.70. The number of piperidine rings is 1. The molecule has 0 unspecified atom stereocenters. The maximum absolute atomic E-state index is 11.6. The van der Waals surface area contributed by atoms with Crippen molar-refractivity contribution in [3.63, 3.8) is 0 Å². The Morgan fingerprint density at radius 1 is 1.29 bits per heavy atom. The van der Waals surface area contributed by atoms with E-state index in [9.17, 15) is 4.79 Å². The number of hydrogen-bond acceptors (Lipinski definition) is 4. The molecule has 0 spiro atoms. The molecule has 0 radical (unpaired) electrons. The van der Waals surface area contributed by atoms with Crippen molar-refractivity contribution in [1.82, 2.24) is 10.3 Å². The molecule has 1 fully saturated rings. The van der Waals surface area contributed by atoms with Crippen LogP contribution in [0.5, 0.6) is 0 Å². The molecule has 2 rings (SSSR count). The molecule has 6 heteroatoms. The van der Waals surface area contributed by atoms with Crippen LogP contribution in [0, 0.1) is 0 Å². The van der Waals surface area contributed by atoms with Gasteiger partial charge in [0.15, 0.2) is 8.32 Å². The van der Waals surface area contributed by atoms with Crippen molar-refractivity contribution in [3.8, 4) is 0 Å². The zero-order chi connectivity index (χ0) is 18.0. The van der Waals surface area contributed by atoms with Gasteiger partial charge >= 0.3 is 0 Å². The van der Waals surface area contributed by atoms with Crippen LogP contribution in [-0.2, 0) is 4.43 Å².